The molecule has 3 rings (SSSR count). The zero-order chi connectivity index (χ0) is 16.4. The van der Waals surface area contributed by atoms with Gasteiger partial charge in [0.1, 0.15) is 0 Å². The first-order valence-electron chi connectivity index (χ1n) is 9.42. The van der Waals surface area contributed by atoms with Crippen molar-refractivity contribution >= 4 is 6.03 Å². The van der Waals surface area contributed by atoms with Gasteiger partial charge in [0.2, 0.25) is 0 Å². The highest BCUT2D eigenvalue weighted by Gasteiger charge is 2.48. The minimum absolute atomic E-state index is 0.0767. The number of piperidine rings is 1. The van der Waals surface area contributed by atoms with Gasteiger partial charge in [0, 0.05) is 32.3 Å². The van der Waals surface area contributed by atoms with Crippen LogP contribution in [0.5, 0.6) is 0 Å². The van der Waals surface area contributed by atoms with Crippen molar-refractivity contribution in [2.24, 2.45) is 17.8 Å². The third kappa shape index (κ3) is 4.00. The number of hydrogen-bond donors (Lipinski definition) is 1. The number of likely N-dealkylation sites (tertiary alicyclic amines) is 1. The number of hydrogen-bond acceptors (Lipinski definition) is 3. The summed E-state index contributed by atoms with van der Waals surface area (Å²) in [6, 6.07) is 0.911. The minimum atomic E-state index is 0.0767. The predicted molar refractivity (Wildman–Crippen MR) is 91.4 cm³/mol. The first kappa shape index (κ1) is 17.0. The smallest absolute Gasteiger partial charge is 0.317 e. The summed E-state index contributed by atoms with van der Waals surface area (Å²) in [5.74, 6) is 1.93. The molecule has 0 aromatic heterocycles. The fourth-order valence-corrected chi connectivity index (χ4v) is 4.55. The van der Waals surface area contributed by atoms with E-state index in [0.717, 1.165) is 25.7 Å². The third-order valence-electron chi connectivity index (χ3n) is 5.60. The molecular formula is C18H33N3O2. The first-order chi connectivity index (χ1) is 11.0. The Kier molecular flexibility index (Phi) is 5.47. The maximum Gasteiger partial charge on any atom is 0.317 e. The fraction of sp³-hybridized carbons (Fsp3) is 0.944. The number of nitrogens with one attached hydrogen (secondary N) is 1. The van der Waals surface area contributed by atoms with Crippen LogP contribution in [0.15, 0.2) is 0 Å². The molecule has 1 N–H and O–H groups in total. The summed E-state index contributed by atoms with van der Waals surface area (Å²) in [5, 5.41) is 3.11. The highest BCUT2D eigenvalue weighted by atomic mass is 16.5. The van der Waals surface area contributed by atoms with Crippen molar-refractivity contribution in [2.75, 3.05) is 39.4 Å². The Morgan fingerprint density at radius 2 is 2.00 bits per heavy atom. The molecule has 4 atom stereocenters. The number of nitrogens with zero attached hydrogens (tertiary/aromatic N) is 2. The zero-order valence-electron chi connectivity index (χ0n) is 15.0. The highest BCUT2D eigenvalue weighted by Crippen LogP contribution is 2.40. The van der Waals surface area contributed by atoms with Crippen molar-refractivity contribution in [3.05, 3.63) is 0 Å². The molecule has 3 fully saturated rings. The summed E-state index contributed by atoms with van der Waals surface area (Å²) < 4.78 is 5.63. The Labute approximate surface area is 140 Å². The first-order valence-corrected chi connectivity index (χ1v) is 9.42. The van der Waals surface area contributed by atoms with Crippen molar-refractivity contribution in [3.8, 4) is 0 Å². The Bertz CT molecular complexity index is 415. The monoisotopic (exact) mass is 323 g/mol. The number of rotatable bonds is 5. The van der Waals surface area contributed by atoms with Crippen molar-refractivity contribution < 1.29 is 9.53 Å². The van der Waals surface area contributed by atoms with Gasteiger partial charge in [-0.25, -0.2) is 4.79 Å². The highest BCUT2D eigenvalue weighted by molar-refractivity contribution is 5.75. The number of ether oxygens (including phenoxy) is 1. The third-order valence-corrected chi connectivity index (χ3v) is 5.60. The number of urea groups is 1. The van der Waals surface area contributed by atoms with E-state index in [-0.39, 0.29) is 12.1 Å². The van der Waals surface area contributed by atoms with E-state index in [1.54, 1.807) is 0 Å². The Morgan fingerprint density at radius 1 is 1.17 bits per heavy atom. The van der Waals surface area contributed by atoms with E-state index in [0.29, 0.717) is 24.4 Å². The molecule has 0 aromatic rings. The molecule has 132 valence electrons. The zero-order valence-corrected chi connectivity index (χ0v) is 15.0. The van der Waals surface area contributed by atoms with E-state index in [1.165, 1.54) is 32.4 Å². The molecule has 3 heterocycles. The van der Waals surface area contributed by atoms with Crippen molar-refractivity contribution in [3.63, 3.8) is 0 Å². The lowest BCUT2D eigenvalue weighted by atomic mass is 9.90. The average molecular weight is 323 g/mol. The molecule has 0 saturated carbocycles. The van der Waals surface area contributed by atoms with Crippen molar-refractivity contribution in [1.82, 2.24) is 15.1 Å². The molecule has 3 aliphatic rings. The van der Waals surface area contributed by atoms with Crippen LogP contribution in [0.2, 0.25) is 0 Å². The second-order valence-electron chi connectivity index (χ2n) is 8.17. The summed E-state index contributed by atoms with van der Waals surface area (Å²) in [6.07, 6.45) is 4.05. The summed E-state index contributed by atoms with van der Waals surface area (Å²) in [7, 11) is 0. The van der Waals surface area contributed by atoms with Crippen LogP contribution < -0.4 is 5.32 Å². The second kappa shape index (κ2) is 7.39. The number of carbonyl (C=O) groups is 1. The van der Waals surface area contributed by atoms with Crippen LogP contribution in [0.25, 0.3) is 0 Å². The van der Waals surface area contributed by atoms with Gasteiger partial charge in [-0.3, -0.25) is 4.90 Å². The topological polar surface area (TPSA) is 44.8 Å². The molecule has 5 nitrogen and oxygen atoms in total. The van der Waals surface area contributed by atoms with Gasteiger partial charge in [-0.2, -0.15) is 0 Å². The van der Waals surface area contributed by atoms with Crippen LogP contribution in [0, 0.1) is 17.8 Å². The Hall–Kier alpha value is -0.810. The fourth-order valence-electron chi connectivity index (χ4n) is 4.55. The quantitative estimate of drug-likeness (QED) is 0.843. The van der Waals surface area contributed by atoms with E-state index in [9.17, 15) is 4.79 Å². The van der Waals surface area contributed by atoms with E-state index in [4.69, 9.17) is 4.74 Å². The molecule has 5 heteroatoms. The lowest BCUT2D eigenvalue weighted by Crippen LogP contribution is -2.46. The van der Waals surface area contributed by atoms with E-state index >= 15 is 0 Å². The van der Waals surface area contributed by atoms with Crippen LogP contribution in [0.3, 0.4) is 0 Å². The van der Waals surface area contributed by atoms with Crippen LogP contribution in [-0.2, 0) is 4.74 Å². The van der Waals surface area contributed by atoms with Gasteiger partial charge >= 0.3 is 6.03 Å². The second-order valence-corrected chi connectivity index (χ2v) is 8.17. The summed E-state index contributed by atoms with van der Waals surface area (Å²) in [6.45, 7) is 12.0. The lowest BCUT2D eigenvalue weighted by molar-refractivity contribution is 0.0931. The molecule has 3 aliphatic heterocycles. The van der Waals surface area contributed by atoms with Gasteiger partial charge in [-0.15, -0.1) is 0 Å². The number of carbonyl (C=O) groups excluding carboxylic acids is 1. The molecule has 0 aliphatic carbocycles. The van der Waals surface area contributed by atoms with E-state index < -0.39 is 0 Å². The Balaban J connectivity index is 1.43. The van der Waals surface area contributed by atoms with Crippen molar-refractivity contribution in [2.45, 2.75) is 52.1 Å². The molecule has 2 amide bonds. The maximum absolute atomic E-state index is 12.5. The predicted octanol–water partition coefficient (Wildman–Crippen LogP) is 2.17. The maximum atomic E-state index is 12.5. The van der Waals surface area contributed by atoms with Gasteiger partial charge in [-0.05, 0) is 44.1 Å². The Morgan fingerprint density at radius 3 is 2.78 bits per heavy atom. The summed E-state index contributed by atoms with van der Waals surface area (Å²) in [5.41, 5.74) is 0. The molecule has 0 aromatic carbocycles. The number of amides is 2. The molecule has 0 unspecified atom stereocenters. The van der Waals surface area contributed by atoms with Gasteiger partial charge in [-0.1, -0.05) is 20.3 Å². The summed E-state index contributed by atoms with van der Waals surface area (Å²) in [4.78, 5) is 17.2. The number of fused-ring (bicyclic) bond motifs is 3. The standard InChI is InChI=1S/C18H33N3O2/c1-13(2)11-23-12-14(3)19-18(22)21-9-15-8-20-7-5-4-6-17(20)16(15)10-21/h13-17H,4-12H2,1-3H3,(H,19,22)/t14-,15-,16-,17-/m0/s1. The largest absolute Gasteiger partial charge is 0.379 e. The minimum Gasteiger partial charge on any atom is -0.379 e. The van der Waals surface area contributed by atoms with Crippen LogP contribution in [0.4, 0.5) is 4.79 Å². The van der Waals surface area contributed by atoms with Gasteiger partial charge in [0.25, 0.3) is 0 Å². The average Bonchev–Trinajstić information content (AvgIpc) is 3.04. The lowest BCUT2D eigenvalue weighted by Gasteiger charge is -2.33. The molecule has 0 spiro atoms. The molecule has 3 saturated heterocycles. The van der Waals surface area contributed by atoms with Crippen LogP contribution in [0.1, 0.15) is 40.0 Å². The van der Waals surface area contributed by atoms with Gasteiger partial charge < -0.3 is 15.0 Å². The van der Waals surface area contributed by atoms with Crippen molar-refractivity contribution in [1.29, 1.82) is 0 Å². The van der Waals surface area contributed by atoms with E-state index in [1.807, 2.05) is 11.8 Å². The van der Waals surface area contributed by atoms with Gasteiger partial charge in [0.05, 0.1) is 12.6 Å². The molecule has 23 heavy (non-hydrogen) atoms. The molecule has 0 radical (unpaired) electrons. The van der Waals surface area contributed by atoms with Crippen LogP contribution >= 0.6 is 0 Å². The van der Waals surface area contributed by atoms with Gasteiger partial charge in [0.15, 0.2) is 0 Å². The molecule has 0 bridgehead atoms. The van der Waals surface area contributed by atoms with Crippen LogP contribution in [-0.4, -0.2) is 67.3 Å². The molecular weight excluding hydrogens is 290 g/mol. The summed E-state index contributed by atoms with van der Waals surface area (Å²) >= 11 is 0. The van der Waals surface area contributed by atoms with E-state index in [2.05, 4.69) is 24.1 Å². The normalized spacial score (nSPS) is 32.0. The SMILES string of the molecule is CC(C)COC[C@H](C)NC(=O)N1C[C@@H]2CN3CCCC[C@H]3[C@H]2C1.